The Morgan fingerprint density at radius 1 is 1.20 bits per heavy atom. The van der Waals surface area contributed by atoms with Crippen molar-refractivity contribution in [2.45, 2.75) is 6.92 Å². The van der Waals surface area contributed by atoms with Crippen LogP contribution in [-0.4, -0.2) is 15.0 Å². The van der Waals surface area contributed by atoms with Crippen LogP contribution in [0.3, 0.4) is 0 Å². The summed E-state index contributed by atoms with van der Waals surface area (Å²) in [5.41, 5.74) is 3.47. The largest absolute Gasteiger partial charge is 0.251 e. The zero-order valence-corrected chi connectivity index (χ0v) is 8.51. The lowest BCUT2D eigenvalue weighted by Gasteiger charge is -2.03. The molecule has 0 atom stereocenters. The molecule has 15 heavy (non-hydrogen) atoms. The molecule has 0 radical (unpaired) electrons. The Morgan fingerprint density at radius 2 is 2.00 bits per heavy atom. The summed E-state index contributed by atoms with van der Waals surface area (Å²) in [4.78, 5) is 12.7. The van der Waals surface area contributed by atoms with Crippen LogP contribution >= 0.6 is 0 Å². The molecule has 2 rings (SSSR count). The van der Waals surface area contributed by atoms with Crippen molar-refractivity contribution in [3.05, 3.63) is 42.4 Å². The second-order valence-electron chi connectivity index (χ2n) is 3.06. The van der Waals surface area contributed by atoms with Crippen LogP contribution in [0.2, 0.25) is 0 Å². The molecule has 0 aliphatic rings. The topological polar surface area (TPSA) is 38.7 Å². The van der Waals surface area contributed by atoms with Gasteiger partial charge in [-0.1, -0.05) is 24.8 Å². The van der Waals surface area contributed by atoms with Crippen LogP contribution in [-0.2, 0) is 0 Å². The van der Waals surface area contributed by atoms with Crippen molar-refractivity contribution in [2.24, 2.45) is 0 Å². The van der Waals surface area contributed by atoms with E-state index in [4.69, 9.17) is 0 Å². The minimum absolute atomic E-state index is 0.663. The maximum atomic E-state index is 4.28. The number of aromatic nitrogens is 3. The molecule has 74 valence electrons. The quantitative estimate of drug-likeness (QED) is 0.743. The summed E-state index contributed by atoms with van der Waals surface area (Å²) in [5.74, 6) is 0. The van der Waals surface area contributed by atoms with E-state index in [9.17, 15) is 0 Å². The first-order valence-electron chi connectivity index (χ1n) is 4.71. The van der Waals surface area contributed by atoms with Gasteiger partial charge in [-0.2, -0.15) is 0 Å². The molecule has 0 fully saturated rings. The van der Waals surface area contributed by atoms with E-state index in [1.807, 2.05) is 19.1 Å². The van der Waals surface area contributed by atoms with Gasteiger partial charge < -0.3 is 0 Å². The van der Waals surface area contributed by atoms with Crippen LogP contribution < -0.4 is 0 Å². The second-order valence-corrected chi connectivity index (χ2v) is 3.06. The van der Waals surface area contributed by atoms with Gasteiger partial charge in [-0.25, -0.2) is 9.97 Å². The van der Waals surface area contributed by atoms with E-state index in [-0.39, 0.29) is 0 Å². The van der Waals surface area contributed by atoms with Crippen molar-refractivity contribution in [3.8, 4) is 0 Å². The first-order valence-corrected chi connectivity index (χ1v) is 4.71. The molecule has 0 unspecified atom stereocenters. The summed E-state index contributed by atoms with van der Waals surface area (Å²) >= 11 is 0. The van der Waals surface area contributed by atoms with Gasteiger partial charge in [0.25, 0.3) is 0 Å². The third-order valence-electron chi connectivity index (χ3n) is 2.12. The first kappa shape index (κ1) is 9.52. The molecule has 0 aliphatic carbocycles. The molecule has 2 heterocycles. The highest BCUT2D eigenvalue weighted by molar-refractivity contribution is 5.85. The van der Waals surface area contributed by atoms with Gasteiger partial charge in [-0.3, -0.25) is 4.98 Å². The molecule has 0 amide bonds. The van der Waals surface area contributed by atoms with Crippen molar-refractivity contribution in [2.75, 3.05) is 0 Å². The van der Waals surface area contributed by atoms with Gasteiger partial charge in [-0.15, -0.1) is 0 Å². The lowest BCUT2D eigenvalue weighted by atomic mass is 10.1. The standard InChI is InChI=1S/C12H11N3/c1-3-5-10-9(4-2)8-15-12-11(10)13-6-7-14-12/h3-8H,2H2,1H3/b5-3-. The summed E-state index contributed by atoms with van der Waals surface area (Å²) in [6.07, 6.45) is 10.8. The van der Waals surface area contributed by atoms with Gasteiger partial charge in [0.15, 0.2) is 5.65 Å². The summed E-state index contributed by atoms with van der Waals surface area (Å²) in [7, 11) is 0. The van der Waals surface area contributed by atoms with Crippen LogP contribution in [0.4, 0.5) is 0 Å². The van der Waals surface area contributed by atoms with Crippen LogP contribution in [0, 0.1) is 0 Å². The Balaban J connectivity index is 2.84. The Morgan fingerprint density at radius 3 is 2.73 bits per heavy atom. The average Bonchev–Trinajstić information content (AvgIpc) is 2.30. The molecule has 0 aromatic carbocycles. The number of nitrogens with zero attached hydrogens (tertiary/aromatic N) is 3. The van der Waals surface area contributed by atoms with Gasteiger partial charge in [-0.05, 0) is 6.92 Å². The fourth-order valence-electron chi connectivity index (χ4n) is 1.46. The minimum atomic E-state index is 0.663. The van der Waals surface area contributed by atoms with Crippen LogP contribution in [0.5, 0.6) is 0 Å². The third-order valence-corrected chi connectivity index (χ3v) is 2.12. The molecule has 3 nitrogen and oxygen atoms in total. The van der Waals surface area contributed by atoms with Crippen LogP contribution in [0.25, 0.3) is 23.3 Å². The van der Waals surface area contributed by atoms with Crippen molar-refractivity contribution in [1.82, 2.24) is 15.0 Å². The second kappa shape index (κ2) is 4.00. The predicted molar refractivity (Wildman–Crippen MR) is 62.1 cm³/mol. The predicted octanol–water partition coefficient (Wildman–Crippen LogP) is 2.70. The van der Waals surface area contributed by atoms with Crippen LogP contribution in [0.1, 0.15) is 18.1 Å². The van der Waals surface area contributed by atoms with Gasteiger partial charge >= 0.3 is 0 Å². The van der Waals surface area contributed by atoms with E-state index in [0.29, 0.717) is 5.65 Å². The molecular formula is C12H11N3. The number of pyridine rings is 1. The summed E-state index contributed by atoms with van der Waals surface area (Å²) < 4.78 is 0. The fourth-order valence-corrected chi connectivity index (χ4v) is 1.46. The van der Waals surface area contributed by atoms with Gasteiger partial charge in [0.05, 0.1) is 0 Å². The number of allylic oxidation sites excluding steroid dienone is 1. The molecular weight excluding hydrogens is 186 g/mol. The van der Waals surface area contributed by atoms with Gasteiger partial charge in [0.2, 0.25) is 0 Å². The summed E-state index contributed by atoms with van der Waals surface area (Å²) in [6, 6.07) is 0. The van der Waals surface area contributed by atoms with Gasteiger partial charge in [0, 0.05) is 29.7 Å². The monoisotopic (exact) mass is 197 g/mol. The molecule has 0 N–H and O–H groups in total. The molecule has 0 saturated heterocycles. The smallest absolute Gasteiger partial charge is 0.178 e. The Kier molecular flexibility index (Phi) is 2.54. The van der Waals surface area contributed by atoms with E-state index in [2.05, 4.69) is 21.5 Å². The third kappa shape index (κ3) is 1.64. The molecule has 2 aromatic heterocycles. The molecule has 0 aliphatic heterocycles. The van der Waals surface area contributed by atoms with E-state index < -0.39 is 0 Å². The summed E-state index contributed by atoms with van der Waals surface area (Å²) in [6.45, 7) is 5.73. The normalized spacial score (nSPS) is 11.0. The van der Waals surface area contributed by atoms with Crippen molar-refractivity contribution in [3.63, 3.8) is 0 Å². The van der Waals surface area contributed by atoms with Crippen molar-refractivity contribution in [1.29, 1.82) is 0 Å². The Bertz CT molecular complexity index is 529. The molecule has 0 saturated carbocycles. The molecule has 3 heteroatoms. The van der Waals surface area contributed by atoms with E-state index in [0.717, 1.165) is 16.6 Å². The zero-order valence-electron chi connectivity index (χ0n) is 8.51. The Hall–Kier alpha value is -2.03. The lowest BCUT2D eigenvalue weighted by molar-refractivity contribution is 1.21. The first-order chi connectivity index (χ1) is 7.36. The minimum Gasteiger partial charge on any atom is -0.251 e. The molecule has 0 bridgehead atoms. The average molecular weight is 197 g/mol. The fraction of sp³-hybridized carbons (Fsp3) is 0.0833. The van der Waals surface area contributed by atoms with E-state index >= 15 is 0 Å². The van der Waals surface area contributed by atoms with Gasteiger partial charge in [0.1, 0.15) is 5.52 Å². The number of rotatable bonds is 2. The summed E-state index contributed by atoms with van der Waals surface area (Å²) in [5, 5.41) is 0. The zero-order chi connectivity index (χ0) is 10.7. The molecule has 0 spiro atoms. The maximum Gasteiger partial charge on any atom is 0.178 e. The number of fused-ring (bicyclic) bond motifs is 1. The maximum absolute atomic E-state index is 4.28. The lowest BCUT2D eigenvalue weighted by Crippen LogP contribution is -1.92. The highest BCUT2D eigenvalue weighted by Gasteiger charge is 2.05. The number of hydrogen-bond acceptors (Lipinski definition) is 3. The van der Waals surface area contributed by atoms with Crippen molar-refractivity contribution < 1.29 is 0 Å². The van der Waals surface area contributed by atoms with E-state index in [1.54, 1.807) is 24.7 Å². The SMILES string of the molecule is C=Cc1cnc2nccnc2c1/C=C\C. The van der Waals surface area contributed by atoms with Crippen molar-refractivity contribution >= 4 is 23.3 Å². The molecule has 2 aromatic rings. The highest BCUT2D eigenvalue weighted by atomic mass is 14.9. The number of hydrogen-bond donors (Lipinski definition) is 0. The highest BCUT2D eigenvalue weighted by Crippen LogP contribution is 2.19. The van der Waals surface area contributed by atoms with Crippen LogP contribution in [0.15, 0.2) is 31.2 Å². The Labute approximate surface area is 88.2 Å². The van der Waals surface area contributed by atoms with E-state index in [1.165, 1.54) is 0 Å².